The zero-order valence-corrected chi connectivity index (χ0v) is 13.8. The fourth-order valence-corrected chi connectivity index (χ4v) is 5.22. The Hall–Kier alpha value is -0.380. The number of fused-ring (bicyclic) bond motifs is 1. The van der Waals surface area contributed by atoms with Gasteiger partial charge in [0.05, 0.1) is 11.8 Å². The second kappa shape index (κ2) is 5.43. The second-order valence-corrected chi connectivity index (χ2v) is 7.62. The predicted octanol–water partition coefficient (Wildman–Crippen LogP) is 3.36. The Bertz CT molecular complexity index is 393. The van der Waals surface area contributed by atoms with Crippen molar-refractivity contribution in [2.24, 2.45) is 23.2 Å². The number of halogens is 1. The summed E-state index contributed by atoms with van der Waals surface area (Å²) in [5.74, 6) is 0.838. The van der Waals surface area contributed by atoms with Crippen LogP contribution in [0.4, 0.5) is 0 Å². The Morgan fingerprint density at radius 2 is 1.70 bits per heavy atom. The second-order valence-electron chi connectivity index (χ2n) is 7.06. The van der Waals surface area contributed by atoms with Crippen molar-refractivity contribution in [3.63, 3.8) is 0 Å². The lowest BCUT2D eigenvalue weighted by Crippen LogP contribution is -2.42. The van der Waals surface area contributed by atoms with Gasteiger partial charge < -0.3 is 0 Å². The molecule has 4 heteroatoms. The lowest BCUT2D eigenvalue weighted by Gasteiger charge is -2.31. The van der Waals surface area contributed by atoms with Crippen LogP contribution < -0.4 is 0 Å². The lowest BCUT2D eigenvalue weighted by atomic mass is 9.88. The molecule has 2 aliphatic carbocycles. The number of imide groups is 1. The van der Waals surface area contributed by atoms with E-state index in [1.807, 2.05) is 0 Å². The standard InChI is InChI=1S/C16H24BrNO2/c1-2-11-7-12-13(8-11)15(20)18(14(12)19)10-16(9-17)5-3-4-6-16/h11-13H,2-10H2,1H3. The summed E-state index contributed by atoms with van der Waals surface area (Å²) >= 11 is 3.61. The van der Waals surface area contributed by atoms with E-state index < -0.39 is 0 Å². The van der Waals surface area contributed by atoms with Crippen molar-refractivity contribution < 1.29 is 9.59 Å². The van der Waals surface area contributed by atoms with Crippen molar-refractivity contribution >= 4 is 27.7 Å². The van der Waals surface area contributed by atoms with Gasteiger partial charge in [0.25, 0.3) is 0 Å². The topological polar surface area (TPSA) is 37.4 Å². The number of alkyl halides is 1. The van der Waals surface area contributed by atoms with Gasteiger partial charge in [-0.05, 0) is 37.0 Å². The predicted molar refractivity (Wildman–Crippen MR) is 81.4 cm³/mol. The number of hydrogen-bond donors (Lipinski definition) is 0. The molecule has 3 nitrogen and oxygen atoms in total. The maximum atomic E-state index is 12.6. The molecule has 112 valence electrons. The van der Waals surface area contributed by atoms with E-state index in [1.54, 1.807) is 4.90 Å². The van der Waals surface area contributed by atoms with E-state index in [1.165, 1.54) is 12.8 Å². The van der Waals surface area contributed by atoms with Crippen LogP contribution in [0.5, 0.6) is 0 Å². The first-order valence-corrected chi connectivity index (χ1v) is 9.13. The fourth-order valence-electron chi connectivity index (χ4n) is 4.48. The molecule has 2 amide bonds. The van der Waals surface area contributed by atoms with Gasteiger partial charge in [-0.15, -0.1) is 0 Å². The maximum Gasteiger partial charge on any atom is 0.233 e. The summed E-state index contributed by atoms with van der Waals surface area (Å²) in [7, 11) is 0. The molecule has 0 aromatic carbocycles. The molecule has 3 fully saturated rings. The van der Waals surface area contributed by atoms with Crippen LogP contribution in [0.15, 0.2) is 0 Å². The van der Waals surface area contributed by atoms with Crippen LogP contribution >= 0.6 is 15.9 Å². The molecule has 0 aromatic heterocycles. The summed E-state index contributed by atoms with van der Waals surface area (Å²) in [6, 6.07) is 0. The Kier molecular flexibility index (Phi) is 3.95. The van der Waals surface area contributed by atoms with Crippen LogP contribution in [-0.2, 0) is 9.59 Å². The normalized spacial score (nSPS) is 35.9. The van der Waals surface area contributed by atoms with E-state index in [2.05, 4.69) is 22.9 Å². The van der Waals surface area contributed by atoms with Crippen molar-refractivity contribution in [1.82, 2.24) is 4.90 Å². The van der Waals surface area contributed by atoms with Crippen molar-refractivity contribution in [2.75, 3.05) is 11.9 Å². The van der Waals surface area contributed by atoms with Crippen molar-refractivity contribution in [3.8, 4) is 0 Å². The molecule has 3 aliphatic rings. The summed E-state index contributed by atoms with van der Waals surface area (Å²) < 4.78 is 0. The molecule has 2 saturated carbocycles. The molecular formula is C16H24BrNO2. The number of amides is 2. The first kappa shape index (κ1) is 14.6. The molecule has 2 atom stereocenters. The summed E-state index contributed by atoms with van der Waals surface area (Å²) in [5, 5.41) is 0.907. The molecular weight excluding hydrogens is 318 g/mol. The van der Waals surface area contributed by atoms with Gasteiger partial charge >= 0.3 is 0 Å². The monoisotopic (exact) mass is 341 g/mol. The van der Waals surface area contributed by atoms with E-state index in [0.29, 0.717) is 12.5 Å². The van der Waals surface area contributed by atoms with Crippen LogP contribution in [-0.4, -0.2) is 28.6 Å². The number of carbonyl (C=O) groups is 2. The smallest absolute Gasteiger partial charge is 0.233 e. The molecule has 1 heterocycles. The molecule has 20 heavy (non-hydrogen) atoms. The summed E-state index contributed by atoms with van der Waals surface area (Å²) in [5.41, 5.74) is 0.147. The number of rotatable bonds is 4. The molecule has 2 unspecified atom stereocenters. The summed E-state index contributed by atoms with van der Waals surface area (Å²) in [6.45, 7) is 2.82. The van der Waals surface area contributed by atoms with Gasteiger partial charge in [-0.1, -0.05) is 42.1 Å². The van der Waals surface area contributed by atoms with Crippen molar-refractivity contribution in [3.05, 3.63) is 0 Å². The third kappa shape index (κ3) is 2.24. The maximum absolute atomic E-state index is 12.6. The van der Waals surface area contributed by atoms with Gasteiger partial charge in [0.2, 0.25) is 11.8 Å². The molecule has 0 radical (unpaired) electrons. The molecule has 3 rings (SSSR count). The summed E-state index contributed by atoms with van der Waals surface area (Å²) in [4.78, 5) is 26.8. The van der Waals surface area contributed by atoms with Crippen LogP contribution in [0.3, 0.4) is 0 Å². The van der Waals surface area contributed by atoms with Gasteiger partial charge in [-0.25, -0.2) is 0 Å². The Labute approximate surface area is 129 Å². The fraction of sp³-hybridized carbons (Fsp3) is 0.875. The summed E-state index contributed by atoms with van der Waals surface area (Å²) in [6.07, 6.45) is 7.70. The van der Waals surface area contributed by atoms with Crippen LogP contribution in [0.1, 0.15) is 51.9 Å². The van der Waals surface area contributed by atoms with Gasteiger partial charge in [-0.3, -0.25) is 14.5 Å². The molecule has 0 bridgehead atoms. The molecule has 0 aromatic rings. The highest BCUT2D eigenvalue weighted by Crippen LogP contribution is 2.47. The van der Waals surface area contributed by atoms with Crippen molar-refractivity contribution in [2.45, 2.75) is 51.9 Å². The lowest BCUT2D eigenvalue weighted by molar-refractivity contribution is -0.142. The minimum absolute atomic E-state index is 0.00114. The third-order valence-corrected chi connectivity index (χ3v) is 7.03. The quantitative estimate of drug-likeness (QED) is 0.580. The largest absolute Gasteiger partial charge is 0.282 e. The highest BCUT2D eigenvalue weighted by molar-refractivity contribution is 9.09. The number of carbonyl (C=O) groups excluding carboxylic acids is 2. The van der Waals surface area contributed by atoms with Crippen LogP contribution in [0, 0.1) is 23.2 Å². The number of hydrogen-bond acceptors (Lipinski definition) is 2. The molecule has 0 spiro atoms. The van der Waals surface area contributed by atoms with E-state index in [0.717, 1.165) is 37.4 Å². The average Bonchev–Trinajstić information content (AvgIpc) is 3.14. The third-order valence-electron chi connectivity index (χ3n) is 5.85. The zero-order valence-electron chi connectivity index (χ0n) is 12.2. The van der Waals surface area contributed by atoms with Crippen molar-refractivity contribution in [1.29, 1.82) is 0 Å². The van der Waals surface area contributed by atoms with E-state index in [-0.39, 0.29) is 29.1 Å². The van der Waals surface area contributed by atoms with E-state index in [4.69, 9.17) is 0 Å². The molecule has 1 aliphatic heterocycles. The van der Waals surface area contributed by atoms with Gasteiger partial charge in [0, 0.05) is 11.9 Å². The minimum atomic E-state index is 0.00114. The van der Waals surface area contributed by atoms with Gasteiger partial charge in [0.15, 0.2) is 0 Å². The van der Waals surface area contributed by atoms with E-state index in [9.17, 15) is 9.59 Å². The van der Waals surface area contributed by atoms with E-state index >= 15 is 0 Å². The first-order chi connectivity index (χ1) is 9.60. The first-order valence-electron chi connectivity index (χ1n) is 8.01. The Morgan fingerprint density at radius 3 is 2.15 bits per heavy atom. The van der Waals surface area contributed by atoms with Crippen LogP contribution in [0.2, 0.25) is 0 Å². The number of likely N-dealkylation sites (tertiary alicyclic amines) is 1. The SMILES string of the molecule is CCC1CC2C(=O)N(CC3(CBr)CCCC3)C(=O)C2C1. The van der Waals surface area contributed by atoms with Gasteiger partial charge in [0.1, 0.15) is 0 Å². The molecule has 1 saturated heterocycles. The Balaban J connectivity index is 1.73. The molecule has 0 N–H and O–H groups in total. The average molecular weight is 342 g/mol. The van der Waals surface area contributed by atoms with Crippen LogP contribution in [0.25, 0.3) is 0 Å². The Morgan fingerprint density at radius 1 is 1.15 bits per heavy atom. The highest BCUT2D eigenvalue weighted by atomic mass is 79.9. The minimum Gasteiger partial charge on any atom is -0.282 e. The number of nitrogens with zero attached hydrogens (tertiary/aromatic N) is 1. The highest BCUT2D eigenvalue weighted by Gasteiger charge is 2.53. The van der Waals surface area contributed by atoms with Gasteiger partial charge in [-0.2, -0.15) is 0 Å². The zero-order chi connectivity index (χ0) is 14.3.